The monoisotopic (exact) mass is 290 g/mol. The molecule has 2 unspecified atom stereocenters. The number of nitrogens with zero attached hydrogens (tertiary/aromatic N) is 1. The zero-order valence-electron chi connectivity index (χ0n) is 14.1. The SMILES string of the molecule is CC(N(C)C1CCCNCC1)C12CC3CC(CC(C3)C1)C2. The van der Waals surface area contributed by atoms with Crippen LogP contribution in [0.1, 0.15) is 64.7 Å². The first-order valence-electron chi connectivity index (χ1n) is 9.59. The van der Waals surface area contributed by atoms with Gasteiger partial charge >= 0.3 is 0 Å². The maximum absolute atomic E-state index is 3.58. The molecule has 4 aliphatic carbocycles. The first-order chi connectivity index (χ1) is 10.2. The molecule has 21 heavy (non-hydrogen) atoms. The zero-order chi connectivity index (χ0) is 14.4. The van der Waals surface area contributed by atoms with E-state index in [1.165, 1.54) is 32.4 Å². The molecule has 0 amide bonds. The number of rotatable bonds is 3. The lowest BCUT2D eigenvalue weighted by atomic mass is 9.47. The molecule has 1 saturated heterocycles. The summed E-state index contributed by atoms with van der Waals surface area (Å²) in [5, 5.41) is 3.58. The van der Waals surface area contributed by atoms with Crippen LogP contribution in [0.2, 0.25) is 0 Å². The van der Waals surface area contributed by atoms with Crippen LogP contribution in [0.4, 0.5) is 0 Å². The van der Waals surface area contributed by atoms with Crippen LogP contribution < -0.4 is 5.32 Å². The van der Waals surface area contributed by atoms with Crippen molar-refractivity contribution in [2.75, 3.05) is 20.1 Å². The Morgan fingerprint density at radius 2 is 1.57 bits per heavy atom. The molecule has 2 nitrogen and oxygen atoms in total. The highest BCUT2D eigenvalue weighted by Gasteiger charge is 2.54. The zero-order valence-corrected chi connectivity index (χ0v) is 14.1. The van der Waals surface area contributed by atoms with E-state index in [2.05, 4.69) is 24.2 Å². The van der Waals surface area contributed by atoms with Gasteiger partial charge in [-0.3, -0.25) is 0 Å². The molecule has 2 heteroatoms. The van der Waals surface area contributed by atoms with Gasteiger partial charge in [-0.05, 0) is 108 Å². The minimum atomic E-state index is 0.684. The molecule has 0 aromatic rings. The summed E-state index contributed by atoms with van der Waals surface area (Å²) in [6.45, 7) is 5.03. The van der Waals surface area contributed by atoms with Gasteiger partial charge in [-0.25, -0.2) is 0 Å². The average Bonchev–Trinajstić information content (AvgIpc) is 2.73. The molecular weight excluding hydrogens is 256 g/mol. The van der Waals surface area contributed by atoms with Crippen LogP contribution in [-0.2, 0) is 0 Å². The van der Waals surface area contributed by atoms with Crippen molar-refractivity contribution < 1.29 is 0 Å². The molecule has 0 spiro atoms. The largest absolute Gasteiger partial charge is 0.317 e. The van der Waals surface area contributed by atoms with E-state index in [9.17, 15) is 0 Å². The van der Waals surface area contributed by atoms with Crippen LogP contribution in [0.25, 0.3) is 0 Å². The molecule has 1 heterocycles. The quantitative estimate of drug-likeness (QED) is 0.853. The van der Waals surface area contributed by atoms with Crippen molar-refractivity contribution >= 4 is 0 Å². The minimum absolute atomic E-state index is 0.684. The number of hydrogen-bond donors (Lipinski definition) is 1. The van der Waals surface area contributed by atoms with Crippen LogP contribution in [0.3, 0.4) is 0 Å². The Hall–Kier alpha value is -0.0800. The predicted molar refractivity (Wildman–Crippen MR) is 88.3 cm³/mol. The first-order valence-corrected chi connectivity index (χ1v) is 9.59. The van der Waals surface area contributed by atoms with Gasteiger partial charge in [0.25, 0.3) is 0 Å². The summed E-state index contributed by atoms with van der Waals surface area (Å²) in [6, 6.07) is 1.62. The molecule has 0 aromatic carbocycles. The molecule has 0 aromatic heterocycles. The highest BCUT2D eigenvalue weighted by atomic mass is 15.2. The van der Waals surface area contributed by atoms with Gasteiger partial charge in [0.05, 0.1) is 0 Å². The van der Waals surface area contributed by atoms with E-state index in [1.807, 2.05) is 0 Å². The number of hydrogen-bond acceptors (Lipinski definition) is 2. The summed E-state index contributed by atoms with van der Waals surface area (Å²) < 4.78 is 0. The average molecular weight is 290 g/mol. The van der Waals surface area contributed by atoms with Crippen LogP contribution >= 0.6 is 0 Å². The lowest BCUT2D eigenvalue weighted by molar-refractivity contribution is -0.0994. The third-order valence-corrected chi connectivity index (χ3v) is 7.70. The fourth-order valence-corrected chi connectivity index (χ4v) is 6.85. The van der Waals surface area contributed by atoms with E-state index in [0.717, 1.165) is 29.8 Å². The van der Waals surface area contributed by atoms with Gasteiger partial charge in [0.15, 0.2) is 0 Å². The molecule has 120 valence electrons. The Labute approximate surface area is 131 Å². The lowest BCUT2D eigenvalue weighted by Crippen LogP contribution is -2.56. The summed E-state index contributed by atoms with van der Waals surface area (Å²) in [6.07, 6.45) is 13.5. The van der Waals surface area contributed by atoms with Gasteiger partial charge in [-0.1, -0.05) is 0 Å². The van der Waals surface area contributed by atoms with E-state index in [-0.39, 0.29) is 0 Å². The lowest BCUT2D eigenvalue weighted by Gasteiger charge is -2.61. The normalized spacial score (nSPS) is 47.6. The Balaban J connectivity index is 1.49. The van der Waals surface area contributed by atoms with E-state index in [4.69, 9.17) is 0 Å². The molecule has 5 aliphatic rings. The fraction of sp³-hybridized carbons (Fsp3) is 1.00. The Kier molecular flexibility index (Phi) is 3.82. The predicted octanol–water partition coefficient (Wildman–Crippen LogP) is 3.67. The van der Waals surface area contributed by atoms with Crippen LogP contribution in [0, 0.1) is 23.2 Å². The Bertz CT molecular complexity index is 334. The summed E-state index contributed by atoms with van der Waals surface area (Å²) in [4.78, 5) is 2.81. The second-order valence-electron chi connectivity index (χ2n) is 8.96. The van der Waals surface area contributed by atoms with Crippen molar-refractivity contribution in [1.82, 2.24) is 10.2 Å². The van der Waals surface area contributed by atoms with Crippen molar-refractivity contribution in [2.45, 2.75) is 76.8 Å². The maximum atomic E-state index is 3.58. The van der Waals surface area contributed by atoms with Crippen LogP contribution in [0.15, 0.2) is 0 Å². The van der Waals surface area contributed by atoms with Crippen LogP contribution in [-0.4, -0.2) is 37.1 Å². The molecular formula is C19H34N2. The van der Waals surface area contributed by atoms with E-state index in [1.54, 1.807) is 38.5 Å². The van der Waals surface area contributed by atoms with Crippen molar-refractivity contribution in [3.05, 3.63) is 0 Å². The molecule has 1 aliphatic heterocycles. The molecule has 5 fully saturated rings. The summed E-state index contributed by atoms with van der Waals surface area (Å²) in [7, 11) is 2.44. The topological polar surface area (TPSA) is 15.3 Å². The molecule has 0 radical (unpaired) electrons. The maximum Gasteiger partial charge on any atom is 0.0124 e. The molecule has 4 bridgehead atoms. The smallest absolute Gasteiger partial charge is 0.0124 e. The van der Waals surface area contributed by atoms with Crippen molar-refractivity contribution in [3.8, 4) is 0 Å². The number of nitrogens with one attached hydrogen (secondary N) is 1. The van der Waals surface area contributed by atoms with Gasteiger partial charge in [-0.15, -0.1) is 0 Å². The minimum Gasteiger partial charge on any atom is -0.317 e. The third kappa shape index (κ3) is 2.57. The molecule has 2 atom stereocenters. The second-order valence-corrected chi connectivity index (χ2v) is 8.96. The summed E-state index contributed by atoms with van der Waals surface area (Å²) >= 11 is 0. The second kappa shape index (κ2) is 5.53. The van der Waals surface area contributed by atoms with Crippen LogP contribution in [0.5, 0.6) is 0 Å². The van der Waals surface area contributed by atoms with E-state index in [0.29, 0.717) is 5.41 Å². The highest BCUT2D eigenvalue weighted by molar-refractivity contribution is 5.05. The van der Waals surface area contributed by atoms with Crippen molar-refractivity contribution in [2.24, 2.45) is 23.2 Å². The van der Waals surface area contributed by atoms with Gasteiger partial charge in [0, 0.05) is 12.1 Å². The Morgan fingerprint density at radius 3 is 2.19 bits per heavy atom. The van der Waals surface area contributed by atoms with E-state index >= 15 is 0 Å². The fourth-order valence-electron chi connectivity index (χ4n) is 6.85. The molecule has 1 N–H and O–H groups in total. The standard InChI is InChI=1S/C19H34N2/c1-14(21(2)18-4-3-6-20-7-5-18)19-11-15-8-16(12-19)10-17(9-15)13-19/h14-18,20H,3-13H2,1-2H3. The molecule has 4 saturated carbocycles. The highest BCUT2D eigenvalue weighted by Crippen LogP contribution is 2.62. The van der Waals surface area contributed by atoms with Gasteiger partial charge in [0.2, 0.25) is 0 Å². The van der Waals surface area contributed by atoms with Gasteiger partial charge < -0.3 is 10.2 Å². The van der Waals surface area contributed by atoms with Gasteiger partial charge in [0.1, 0.15) is 0 Å². The summed E-state index contributed by atoms with van der Waals surface area (Å²) in [5.74, 6) is 3.26. The summed E-state index contributed by atoms with van der Waals surface area (Å²) in [5.41, 5.74) is 0.684. The Morgan fingerprint density at radius 1 is 0.952 bits per heavy atom. The van der Waals surface area contributed by atoms with Gasteiger partial charge in [-0.2, -0.15) is 0 Å². The van der Waals surface area contributed by atoms with E-state index < -0.39 is 0 Å². The molecule has 5 rings (SSSR count). The first kappa shape index (κ1) is 14.5. The van der Waals surface area contributed by atoms with Crippen molar-refractivity contribution in [3.63, 3.8) is 0 Å². The third-order valence-electron chi connectivity index (χ3n) is 7.70. The van der Waals surface area contributed by atoms with Crippen molar-refractivity contribution in [1.29, 1.82) is 0 Å².